The van der Waals surface area contributed by atoms with Crippen molar-refractivity contribution in [2.45, 2.75) is 56.5 Å². The smallest absolute Gasteiger partial charge is 0.246 e. The molecule has 0 aromatic carbocycles. The lowest BCUT2D eigenvalue weighted by molar-refractivity contribution is 0.384. The van der Waals surface area contributed by atoms with Crippen molar-refractivity contribution >= 4 is 38.5 Å². The third kappa shape index (κ3) is 4.53. The molecule has 4 heterocycles. The number of aromatic amines is 1. The van der Waals surface area contributed by atoms with Gasteiger partial charge in [-0.2, -0.15) is 0 Å². The minimum Gasteiger partial charge on any atom is -0.367 e. The summed E-state index contributed by atoms with van der Waals surface area (Å²) in [5.74, 6) is 0.995. The summed E-state index contributed by atoms with van der Waals surface area (Å²) in [6.45, 7) is 3.24. The number of anilines is 1. The molecule has 0 atom stereocenters. The molecule has 9 nitrogen and oxygen atoms in total. The molecule has 1 saturated carbocycles. The minimum atomic E-state index is -3.67. The summed E-state index contributed by atoms with van der Waals surface area (Å²) in [5.41, 5.74) is 3.14. The standard InChI is InChI=1S/C23H25ClN6O3S/c1-13-22(14(2)33-29-13)34(31,32)30-17-7-5-16(6-8-17)27-21-11-15(10-20(24)28-21)19-12-26-23-18(19)4-3-9-25-23/h3-4,9-12,16-17,30H,5-8H2,1-2H3,(H,25,26)(H,27,28). The number of halogens is 1. The second-order valence-corrected chi connectivity index (χ2v) is 10.7. The first-order chi connectivity index (χ1) is 16.3. The van der Waals surface area contributed by atoms with Crippen molar-refractivity contribution in [1.29, 1.82) is 0 Å². The zero-order valence-corrected chi connectivity index (χ0v) is 20.4. The molecule has 5 rings (SSSR count). The van der Waals surface area contributed by atoms with E-state index in [9.17, 15) is 8.42 Å². The van der Waals surface area contributed by atoms with Crippen LogP contribution in [0.4, 0.5) is 5.82 Å². The van der Waals surface area contributed by atoms with E-state index in [1.807, 2.05) is 30.5 Å². The number of hydrogen-bond donors (Lipinski definition) is 3. The molecule has 1 fully saturated rings. The van der Waals surface area contributed by atoms with Gasteiger partial charge in [-0.05, 0) is 69.4 Å². The second-order valence-electron chi connectivity index (χ2n) is 8.63. The van der Waals surface area contributed by atoms with Crippen LogP contribution in [0.3, 0.4) is 0 Å². The van der Waals surface area contributed by atoms with Crippen molar-refractivity contribution in [3.05, 3.63) is 53.3 Å². The maximum Gasteiger partial charge on any atom is 0.246 e. The highest BCUT2D eigenvalue weighted by molar-refractivity contribution is 7.89. The van der Waals surface area contributed by atoms with E-state index in [1.54, 1.807) is 20.0 Å². The van der Waals surface area contributed by atoms with Crippen LogP contribution >= 0.6 is 11.6 Å². The molecular weight excluding hydrogens is 476 g/mol. The van der Waals surface area contributed by atoms with Gasteiger partial charge in [-0.3, -0.25) is 0 Å². The molecule has 4 aromatic rings. The van der Waals surface area contributed by atoms with Crippen molar-refractivity contribution in [2.75, 3.05) is 5.32 Å². The number of rotatable bonds is 6. The number of pyridine rings is 2. The molecule has 11 heteroatoms. The molecule has 0 radical (unpaired) electrons. The van der Waals surface area contributed by atoms with Gasteiger partial charge in [-0.15, -0.1) is 0 Å². The molecule has 178 valence electrons. The molecule has 0 aliphatic heterocycles. The summed E-state index contributed by atoms with van der Waals surface area (Å²) in [6.07, 6.45) is 6.69. The van der Waals surface area contributed by atoms with E-state index in [1.165, 1.54) is 0 Å². The Balaban J connectivity index is 1.26. The average molecular weight is 501 g/mol. The van der Waals surface area contributed by atoms with Crippen LogP contribution in [-0.2, 0) is 10.0 Å². The summed E-state index contributed by atoms with van der Waals surface area (Å²) in [5, 5.41) is 8.65. The monoisotopic (exact) mass is 500 g/mol. The highest BCUT2D eigenvalue weighted by atomic mass is 35.5. The Morgan fingerprint density at radius 3 is 2.65 bits per heavy atom. The number of aryl methyl sites for hydroxylation is 2. The van der Waals surface area contributed by atoms with Gasteiger partial charge in [0, 0.05) is 35.4 Å². The molecule has 0 unspecified atom stereocenters. The Morgan fingerprint density at radius 2 is 1.91 bits per heavy atom. The molecule has 1 aliphatic carbocycles. The maximum atomic E-state index is 12.8. The zero-order chi connectivity index (χ0) is 23.9. The predicted octanol–water partition coefficient (Wildman–Crippen LogP) is 4.58. The van der Waals surface area contributed by atoms with Crippen LogP contribution in [0, 0.1) is 13.8 Å². The van der Waals surface area contributed by atoms with Crippen LogP contribution in [0.2, 0.25) is 5.15 Å². The molecule has 3 N–H and O–H groups in total. The van der Waals surface area contributed by atoms with Crippen molar-refractivity contribution in [2.24, 2.45) is 0 Å². The molecule has 0 saturated heterocycles. The van der Waals surface area contributed by atoms with Gasteiger partial charge in [0.15, 0.2) is 5.76 Å². The predicted molar refractivity (Wildman–Crippen MR) is 130 cm³/mol. The fourth-order valence-corrected chi connectivity index (χ4v) is 6.47. The number of H-pyrrole nitrogens is 1. The van der Waals surface area contributed by atoms with Gasteiger partial charge >= 0.3 is 0 Å². The summed E-state index contributed by atoms with van der Waals surface area (Å²) < 4.78 is 33.4. The Morgan fingerprint density at radius 1 is 1.15 bits per heavy atom. The van der Waals surface area contributed by atoms with E-state index in [2.05, 4.69) is 30.1 Å². The number of nitrogens with one attached hydrogen (secondary N) is 3. The third-order valence-corrected chi connectivity index (χ3v) is 8.15. The van der Waals surface area contributed by atoms with E-state index < -0.39 is 10.0 Å². The number of hydrogen-bond acceptors (Lipinski definition) is 7. The van der Waals surface area contributed by atoms with E-state index in [4.69, 9.17) is 16.1 Å². The van der Waals surface area contributed by atoms with Crippen molar-refractivity contribution in [1.82, 2.24) is 24.8 Å². The van der Waals surface area contributed by atoms with Gasteiger partial charge in [0.1, 0.15) is 27.2 Å². The number of fused-ring (bicyclic) bond motifs is 1. The molecule has 1 aliphatic rings. The highest BCUT2D eigenvalue weighted by Crippen LogP contribution is 2.32. The average Bonchev–Trinajstić information content (AvgIpc) is 3.37. The van der Waals surface area contributed by atoms with Gasteiger partial charge in [0.05, 0.1) is 0 Å². The number of nitrogens with zero attached hydrogens (tertiary/aromatic N) is 3. The van der Waals surface area contributed by atoms with Gasteiger partial charge in [-0.1, -0.05) is 16.8 Å². The van der Waals surface area contributed by atoms with Crippen molar-refractivity contribution in [3.63, 3.8) is 0 Å². The van der Waals surface area contributed by atoms with Crippen LogP contribution in [-0.4, -0.2) is 40.6 Å². The highest BCUT2D eigenvalue weighted by Gasteiger charge is 2.29. The Kier molecular flexibility index (Phi) is 6.05. The topological polar surface area (TPSA) is 126 Å². The van der Waals surface area contributed by atoms with Crippen molar-refractivity contribution < 1.29 is 12.9 Å². The minimum absolute atomic E-state index is 0.135. The molecule has 0 amide bonds. The largest absolute Gasteiger partial charge is 0.367 e. The molecule has 0 spiro atoms. The van der Waals surface area contributed by atoms with Gasteiger partial charge in [0.25, 0.3) is 0 Å². The Hall–Kier alpha value is -2.95. The van der Waals surface area contributed by atoms with Gasteiger partial charge in [-0.25, -0.2) is 23.1 Å². The Labute approximate surface area is 202 Å². The summed E-state index contributed by atoms with van der Waals surface area (Å²) in [7, 11) is -3.67. The first-order valence-electron chi connectivity index (χ1n) is 11.1. The molecule has 4 aromatic heterocycles. The Bertz CT molecular complexity index is 1420. The fourth-order valence-electron chi connectivity index (χ4n) is 4.62. The molecule has 34 heavy (non-hydrogen) atoms. The third-order valence-electron chi connectivity index (χ3n) is 6.19. The quantitative estimate of drug-likeness (QED) is 0.330. The lowest BCUT2D eigenvalue weighted by Crippen LogP contribution is -2.40. The zero-order valence-electron chi connectivity index (χ0n) is 18.8. The summed E-state index contributed by atoms with van der Waals surface area (Å²) >= 11 is 6.34. The van der Waals surface area contributed by atoms with Gasteiger partial charge in [0.2, 0.25) is 10.0 Å². The number of aromatic nitrogens is 4. The fraction of sp³-hybridized carbons (Fsp3) is 0.348. The maximum absolute atomic E-state index is 12.8. The van der Waals surface area contributed by atoms with E-state index >= 15 is 0 Å². The van der Waals surface area contributed by atoms with Gasteiger partial charge < -0.3 is 14.8 Å². The van der Waals surface area contributed by atoms with E-state index in [0.29, 0.717) is 35.3 Å². The van der Waals surface area contributed by atoms with E-state index in [0.717, 1.165) is 35.0 Å². The second kappa shape index (κ2) is 9.01. The first kappa shape index (κ1) is 22.8. The number of sulfonamides is 1. The SMILES string of the molecule is Cc1noc(C)c1S(=O)(=O)NC1CCC(Nc2cc(-c3c[nH]c4ncccc34)cc(Cl)n2)CC1. The van der Waals surface area contributed by atoms with Crippen LogP contribution in [0.1, 0.15) is 37.1 Å². The van der Waals surface area contributed by atoms with Crippen molar-refractivity contribution in [3.8, 4) is 11.1 Å². The van der Waals surface area contributed by atoms with E-state index in [-0.39, 0.29) is 17.0 Å². The lowest BCUT2D eigenvalue weighted by Gasteiger charge is -2.30. The summed E-state index contributed by atoms with van der Waals surface area (Å²) in [4.78, 5) is 12.1. The van der Waals surface area contributed by atoms with Crippen LogP contribution in [0.5, 0.6) is 0 Å². The lowest BCUT2D eigenvalue weighted by atomic mass is 9.92. The van der Waals surface area contributed by atoms with Crippen LogP contribution < -0.4 is 10.0 Å². The molecule has 0 bridgehead atoms. The normalized spacial score (nSPS) is 18.9. The first-order valence-corrected chi connectivity index (χ1v) is 13.0. The van der Waals surface area contributed by atoms with Crippen LogP contribution in [0.15, 0.2) is 46.1 Å². The summed E-state index contributed by atoms with van der Waals surface area (Å²) in [6, 6.07) is 7.76. The van der Waals surface area contributed by atoms with Crippen LogP contribution in [0.25, 0.3) is 22.2 Å². The molecular formula is C23H25ClN6O3S.